The summed E-state index contributed by atoms with van der Waals surface area (Å²) in [5, 5.41) is 0. The first-order valence-electron chi connectivity index (χ1n) is 4.24. The summed E-state index contributed by atoms with van der Waals surface area (Å²) in [6.07, 6.45) is 2.43. The van der Waals surface area contributed by atoms with Crippen LogP contribution in [0.2, 0.25) is 0 Å². The van der Waals surface area contributed by atoms with Crippen molar-refractivity contribution < 1.29 is 18.5 Å². The van der Waals surface area contributed by atoms with E-state index in [-0.39, 0.29) is 13.2 Å². The Morgan fingerprint density at radius 1 is 1.17 bits per heavy atom. The molecular weight excluding hydrogens is 179 g/mol. The maximum absolute atomic E-state index is 11.0. The fourth-order valence-electron chi connectivity index (χ4n) is 0.568. The molecule has 0 rings (SSSR count). The average molecular weight is 196 g/mol. The van der Waals surface area contributed by atoms with E-state index in [1.165, 1.54) is 0 Å². The average Bonchev–Trinajstić information content (AvgIpc) is 2.01. The second-order valence-corrected chi connectivity index (χ2v) is 3.94. The Kier molecular flexibility index (Phi) is 6.67. The molecule has 5 heteroatoms. The lowest BCUT2D eigenvalue weighted by Gasteiger charge is -2.10. The third-order valence-corrected chi connectivity index (χ3v) is 2.23. The lowest BCUT2D eigenvalue weighted by molar-refractivity contribution is 0.148. The Hall–Kier alpha value is 0.110. The van der Waals surface area contributed by atoms with Gasteiger partial charge in [-0.3, -0.25) is 9.05 Å². The molecule has 0 aliphatic rings. The van der Waals surface area contributed by atoms with E-state index in [4.69, 9.17) is 4.89 Å². The zero-order chi connectivity index (χ0) is 9.45. The highest BCUT2D eigenvalue weighted by Gasteiger charge is 2.19. The third kappa shape index (κ3) is 6.80. The van der Waals surface area contributed by atoms with Gasteiger partial charge in [-0.15, -0.1) is 0 Å². The molecule has 0 amide bonds. The van der Waals surface area contributed by atoms with Crippen LogP contribution in [0, 0.1) is 0 Å². The molecule has 0 saturated heterocycles. The second kappa shape index (κ2) is 6.61. The van der Waals surface area contributed by atoms with Gasteiger partial charge in [0.05, 0.1) is 13.2 Å². The molecular formula is C7H17O4P. The highest BCUT2D eigenvalue weighted by Crippen LogP contribution is 2.43. The van der Waals surface area contributed by atoms with Gasteiger partial charge < -0.3 is 4.89 Å². The minimum atomic E-state index is -3.74. The summed E-state index contributed by atoms with van der Waals surface area (Å²) in [7, 11) is -3.74. The van der Waals surface area contributed by atoms with Crippen LogP contribution >= 0.6 is 7.82 Å². The van der Waals surface area contributed by atoms with Gasteiger partial charge in [0.15, 0.2) is 0 Å². The van der Waals surface area contributed by atoms with Gasteiger partial charge in [-0.1, -0.05) is 20.3 Å². The molecule has 0 aromatic carbocycles. The van der Waals surface area contributed by atoms with E-state index in [1.807, 2.05) is 13.8 Å². The van der Waals surface area contributed by atoms with Gasteiger partial charge >= 0.3 is 7.82 Å². The summed E-state index contributed by atoms with van der Waals surface area (Å²) in [6.45, 7) is 4.40. The molecule has 4 nitrogen and oxygen atoms in total. The SMILES string of the molecule is CCCCOP(=O)(O)OCCC. The standard InChI is InChI=1S/C7H17O4P/c1-3-5-7-11-12(8,9)10-6-4-2/h3-7H2,1-2H3,(H,8,9). The number of phosphoric acid groups is 1. The second-order valence-electron chi connectivity index (χ2n) is 2.49. The van der Waals surface area contributed by atoms with Crippen LogP contribution in [0.4, 0.5) is 0 Å². The van der Waals surface area contributed by atoms with Crippen molar-refractivity contribution >= 4 is 7.82 Å². The Morgan fingerprint density at radius 2 is 1.75 bits per heavy atom. The summed E-state index contributed by atoms with van der Waals surface area (Å²) < 4.78 is 20.2. The molecule has 0 spiro atoms. The lowest BCUT2D eigenvalue weighted by Crippen LogP contribution is -1.97. The van der Waals surface area contributed by atoms with Crippen LogP contribution in [0.15, 0.2) is 0 Å². The van der Waals surface area contributed by atoms with E-state index in [1.54, 1.807) is 0 Å². The number of rotatable bonds is 7. The molecule has 0 saturated carbocycles. The van der Waals surface area contributed by atoms with Crippen LogP contribution in [0.3, 0.4) is 0 Å². The van der Waals surface area contributed by atoms with E-state index in [0.717, 1.165) is 12.8 Å². The summed E-state index contributed by atoms with van der Waals surface area (Å²) in [4.78, 5) is 8.98. The van der Waals surface area contributed by atoms with Crippen LogP contribution in [-0.2, 0) is 13.6 Å². The first-order valence-corrected chi connectivity index (χ1v) is 5.73. The summed E-state index contributed by atoms with van der Waals surface area (Å²) >= 11 is 0. The maximum Gasteiger partial charge on any atom is 0.472 e. The number of unbranched alkanes of at least 4 members (excludes halogenated alkanes) is 1. The van der Waals surface area contributed by atoms with Crippen LogP contribution in [0.25, 0.3) is 0 Å². The minimum absolute atomic E-state index is 0.264. The quantitative estimate of drug-likeness (QED) is 0.501. The van der Waals surface area contributed by atoms with Gasteiger partial charge in [-0.2, -0.15) is 0 Å². The van der Waals surface area contributed by atoms with Crippen molar-refractivity contribution in [1.29, 1.82) is 0 Å². The van der Waals surface area contributed by atoms with Gasteiger partial charge in [-0.25, -0.2) is 4.57 Å². The highest BCUT2D eigenvalue weighted by molar-refractivity contribution is 7.47. The van der Waals surface area contributed by atoms with Crippen LogP contribution < -0.4 is 0 Å². The fraction of sp³-hybridized carbons (Fsp3) is 1.00. The molecule has 1 atom stereocenters. The topological polar surface area (TPSA) is 55.8 Å². The molecule has 0 aliphatic carbocycles. The van der Waals surface area contributed by atoms with Crippen molar-refractivity contribution in [1.82, 2.24) is 0 Å². The molecule has 0 heterocycles. The van der Waals surface area contributed by atoms with E-state index in [0.29, 0.717) is 6.42 Å². The maximum atomic E-state index is 11.0. The largest absolute Gasteiger partial charge is 0.472 e. The van der Waals surface area contributed by atoms with Gasteiger partial charge in [-0.05, 0) is 12.8 Å². The molecule has 0 aromatic heterocycles. The van der Waals surface area contributed by atoms with Crippen molar-refractivity contribution in [3.63, 3.8) is 0 Å². The van der Waals surface area contributed by atoms with Gasteiger partial charge in [0.2, 0.25) is 0 Å². The van der Waals surface area contributed by atoms with Gasteiger partial charge in [0, 0.05) is 0 Å². The van der Waals surface area contributed by atoms with Crippen molar-refractivity contribution in [2.45, 2.75) is 33.1 Å². The zero-order valence-corrected chi connectivity index (χ0v) is 8.55. The van der Waals surface area contributed by atoms with Crippen molar-refractivity contribution in [3.05, 3.63) is 0 Å². The Morgan fingerprint density at radius 3 is 2.25 bits per heavy atom. The van der Waals surface area contributed by atoms with E-state index >= 15 is 0 Å². The molecule has 74 valence electrons. The number of hydrogen-bond donors (Lipinski definition) is 1. The normalized spacial score (nSPS) is 15.9. The Balaban J connectivity index is 3.49. The molecule has 1 N–H and O–H groups in total. The van der Waals surface area contributed by atoms with Gasteiger partial charge in [0.25, 0.3) is 0 Å². The third-order valence-electron chi connectivity index (χ3n) is 1.21. The lowest BCUT2D eigenvalue weighted by atomic mass is 10.4. The first kappa shape index (κ1) is 12.1. The Bertz CT molecular complexity index is 148. The van der Waals surface area contributed by atoms with Crippen LogP contribution in [0.1, 0.15) is 33.1 Å². The molecule has 1 unspecified atom stereocenters. The summed E-state index contributed by atoms with van der Waals surface area (Å²) in [5.41, 5.74) is 0. The predicted molar refractivity (Wildman–Crippen MR) is 46.9 cm³/mol. The smallest absolute Gasteiger partial charge is 0.302 e. The molecule has 0 aromatic rings. The summed E-state index contributed by atoms with van der Waals surface area (Å²) in [6, 6.07) is 0. The molecule has 0 radical (unpaired) electrons. The molecule has 0 aliphatic heterocycles. The van der Waals surface area contributed by atoms with E-state index in [9.17, 15) is 4.57 Å². The molecule has 0 bridgehead atoms. The van der Waals surface area contributed by atoms with E-state index < -0.39 is 7.82 Å². The first-order chi connectivity index (χ1) is 5.62. The zero-order valence-electron chi connectivity index (χ0n) is 7.65. The number of hydrogen-bond acceptors (Lipinski definition) is 3. The van der Waals surface area contributed by atoms with Crippen LogP contribution in [-0.4, -0.2) is 18.1 Å². The van der Waals surface area contributed by atoms with Crippen LogP contribution in [0.5, 0.6) is 0 Å². The Labute approximate surface area is 73.5 Å². The molecule has 12 heavy (non-hydrogen) atoms. The van der Waals surface area contributed by atoms with E-state index in [2.05, 4.69) is 9.05 Å². The summed E-state index contributed by atoms with van der Waals surface area (Å²) in [5.74, 6) is 0. The molecule has 0 fully saturated rings. The predicted octanol–water partition coefficient (Wildman–Crippen LogP) is 2.33. The van der Waals surface area contributed by atoms with Crippen molar-refractivity contribution in [3.8, 4) is 0 Å². The monoisotopic (exact) mass is 196 g/mol. The van der Waals surface area contributed by atoms with Crippen molar-refractivity contribution in [2.24, 2.45) is 0 Å². The van der Waals surface area contributed by atoms with Gasteiger partial charge in [0.1, 0.15) is 0 Å². The minimum Gasteiger partial charge on any atom is -0.302 e. The van der Waals surface area contributed by atoms with Crippen molar-refractivity contribution in [2.75, 3.05) is 13.2 Å². The number of phosphoric ester groups is 1. The fourth-order valence-corrected chi connectivity index (χ4v) is 1.42. The highest BCUT2D eigenvalue weighted by atomic mass is 31.2.